The highest BCUT2D eigenvalue weighted by atomic mass is 35.5. The topological polar surface area (TPSA) is 86.8 Å². The summed E-state index contributed by atoms with van der Waals surface area (Å²) in [5.74, 6) is -0.918. The number of nitrogens with zero attached hydrogens (tertiary/aromatic N) is 2. The lowest BCUT2D eigenvalue weighted by Gasteiger charge is -2.33. The molecule has 7 nitrogen and oxygen atoms in total. The first-order valence-electron chi connectivity index (χ1n) is 12.1. The lowest BCUT2D eigenvalue weighted by molar-refractivity contribution is -0.140. The summed E-state index contributed by atoms with van der Waals surface area (Å²) in [7, 11) is -2.63. The fourth-order valence-electron chi connectivity index (χ4n) is 4.07. The molecular formula is C28H31Cl2N3O4S. The van der Waals surface area contributed by atoms with Crippen LogP contribution in [0.3, 0.4) is 0 Å². The van der Waals surface area contributed by atoms with Crippen molar-refractivity contribution in [2.24, 2.45) is 0 Å². The van der Waals surface area contributed by atoms with Gasteiger partial charge in [-0.3, -0.25) is 13.9 Å². The fourth-order valence-corrected chi connectivity index (χ4v) is 5.94. The summed E-state index contributed by atoms with van der Waals surface area (Å²) < 4.78 is 28.7. The molecule has 0 saturated carbocycles. The van der Waals surface area contributed by atoms with Gasteiger partial charge in [-0.15, -0.1) is 0 Å². The number of halogens is 2. The van der Waals surface area contributed by atoms with E-state index in [0.717, 1.165) is 15.4 Å². The van der Waals surface area contributed by atoms with Gasteiger partial charge in [0.2, 0.25) is 11.8 Å². The molecule has 3 rings (SSSR count). The minimum atomic E-state index is -4.12. The van der Waals surface area contributed by atoms with Crippen LogP contribution in [0.5, 0.6) is 0 Å². The molecular weight excluding hydrogens is 545 g/mol. The maximum absolute atomic E-state index is 13.9. The van der Waals surface area contributed by atoms with Gasteiger partial charge in [-0.25, -0.2) is 8.42 Å². The van der Waals surface area contributed by atoms with E-state index in [4.69, 9.17) is 23.2 Å². The number of carbonyl (C=O) groups is 2. The quantitative estimate of drug-likeness (QED) is 0.352. The van der Waals surface area contributed by atoms with E-state index in [2.05, 4.69) is 5.32 Å². The monoisotopic (exact) mass is 575 g/mol. The van der Waals surface area contributed by atoms with Gasteiger partial charge in [0.05, 0.1) is 10.6 Å². The molecule has 2 amide bonds. The van der Waals surface area contributed by atoms with Crippen LogP contribution in [-0.4, -0.2) is 44.8 Å². The van der Waals surface area contributed by atoms with Crippen LogP contribution in [0.1, 0.15) is 30.0 Å². The number of aryl methyl sites for hydroxylation is 2. The largest absolute Gasteiger partial charge is 0.357 e. The van der Waals surface area contributed by atoms with Crippen molar-refractivity contribution in [3.05, 3.63) is 93.5 Å². The highest BCUT2D eigenvalue weighted by Crippen LogP contribution is 2.27. The summed E-state index contributed by atoms with van der Waals surface area (Å²) in [6.45, 7) is 4.97. The van der Waals surface area contributed by atoms with Gasteiger partial charge >= 0.3 is 0 Å². The minimum Gasteiger partial charge on any atom is -0.357 e. The molecule has 0 aliphatic rings. The maximum atomic E-state index is 13.9. The SMILES string of the molecule is CCC(C(=O)NC)N(Cc1ccc(Cl)cc1Cl)C(=O)CN(c1cccc(C)c1)S(=O)(=O)c1ccc(C)cc1. The molecule has 0 saturated heterocycles. The van der Waals surface area contributed by atoms with E-state index in [-0.39, 0.29) is 17.3 Å². The third-order valence-corrected chi connectivity index (χ3v) is 8.54. The highest BCUT2D eigenvalue weighted by Gasteiger charge is 2.33. The Bertz CT molecular complexity index is 1410. The van der Waals surface area contributed by atoms with E-state index in [1.807, 2.05) is 19.9 Å². The Morgan fingerprint density at radius 3 is 2.21 bits per heavy atom. The predicted octanol–water partition coefficient (Wildman–Crippen LogP) is 5.36. The summed E-state index contributed by atoms with van der Waals surface area (Å²) in [4.78, 5) is 28.1. The van der Waals surface area contributed by atoms with Gasteiger partial charge in [-0.1, -0.05) is 66.0 Å². The summed E-state index contributed by atoms with van der Waals surface area (Å²) >= 11 is 12.4. The first kappa shape index (κ1) is 29.5. The van der Waals surface area contributed by atoms with Crippen molar-refractivity contribution < 1.29 is 18.0 Å². The van der Waals surface area contributed by atoms with Crippen molar-refractivity contribution in [2.45, 2.75) is 44.7 Å². The van der Waals surface area contributed by atoms with Crippen LogP contribution in [-0.2, 0) is 26.2 Å². The molecule has 10 heteroatoms. The Balaban J connectivity index is 2.08. The van der Waals surface area contributed by atoms with Crippen molar-refractivity contribution in [2.75, 3.05) is 17.9 Å². The second-order valence-electron chi connectivity index (χ2n) is 8.96. The van der Waals surface area contributed by atoms with Gasteiger partial charge < -0.3 is 10.2 Å². The molecule has 202 valence electrons. The van der Waals surface area contributed by atoms with Crippen molar-refractivity contribution in [1.82, 2.24) is 10.2 Å². The molecule has 1 N–H and O–H groups in total. The van der Waals surface area contributed by atoms with Gasteiger partial charge in [0.1, 0.15) is 12.6 Å². The average Bonchev–Trinajstić information content (AvgIpc) is 2.88. The van der Waals surface area contributed by atoms with Gasteiger partial charge in [-0.2, -0.15) is 0 Å². The Labute approximate surface area is 234 Å². The standard InChI is InChI=1S/C28H31Cl2N3O4S/c1-5-26(28(35)31-4)32(17-21-11-12-22(29)16-25(21)30)27(34)18-33(23-8-6-7-20(3)15-23)38(36,37)24-13-9-19(2)10-14-24/h6-16,26H,5,17-18H2,1-4H3,(H,31,35). The zero-order valence-corrected chi connectivity index (χ0v) is 24.1. The van der Waals surface area contributed by atoms with Gasteiger partial charge in [-0.05, 0) is 67.8 Å². The molecule has 0 aliphatic heterocycles. The Morgan fingerprint density at radius 1 is 0.947 bits per heavy atom. The van der Waals surface area contributed by atoms with Crippen molar-refractivity contribution in [3.8, 4) is 0 Å². The number of sulfonamides is 1. The fraction of sp³-hybridized carbons (Fsp3) is 0.286. The van der Waals surface area contributed by atoms with E-state index in [9.17, 15) is 18.0 Å². The van der Waals surface area contributed by atoms with Gasteiger partial charge in [0, 0.05) is 23.6 Å². The summed E-state index contributed by atoms with van der Waals surface area (Å²) in [5.41, 5.74) is 2.66. The van der Waals surface area contributed by atoms with Crippen LogP contribution in [0.2, 0.25) is 10.0 Å². The molecule has 0 radical (unpaired) electrons. The summed E-state index contributed by atoms with van der Waals surface area (Å²) in [5, 5.41) is 3.37. The summed E-state index contributed by atoms with van der Waals surface area (Å²) in [6.07, 6.45) is 0.311. The lowest BCUT2D eigenvalue weighted by atomic mass is 10.1. The number of amides is 2. The zero-order chi connectivity index (χ0) is 28.0. The van der Waals surface area contributed by atoms with E-state index in [1.54, 1.807) is 55.5 Å². The number of hydrogen-bond acceptors (Lipinski definition) is 4. The molecule has 3 aromatic rings. The van der Waals surface area contributed by atoms with Crippen LogP contribution in [0.15, 0.2) is 71.6 Å². The van der Waals surface area contributed by atoms with Crippen LogP contribution in [0, 0.1) is 13.8 Å². The third kappa shape index (κ3) is 6.87. The first-order chi connectivity index (χ1) is 18.0. The molecule has 0 spiro atoms. The average molecular weight is 577 g/mol. The number of anilines is 1. The van der Waals surface area contributed by atoms with Crippen LogP contribution in [0.4, 0.5) is 5.69 Å². The van der Waals surface area contributed by atoms with E-state index >= 15 is 0 Å². The molecule has 1 unspecified atom stereocenters. The number of likely N-dealkylation sites (N-methyl/N-ethyl adjacent to an activating group) is 1. The van der Waals surface area contributed by atoms with Crippen LogP contribution >= 0.6 is 23.2 Å². The molecule has 0 aromatic heterocycles. The summed E-state index contributed by atoms with van der Waals surface area (Å²) in [6, 6.07) is 17.4. The highest BCUT2D eigenvalue weighted by molar-refractivity contribution is 7.92. The van der Waals surface area contributed by atoms with E-state index in [0.29, 0.717) is 27.7 Å². The molecule has 0 fully saturated rings. The number of rotatable bonds is 10. The van der Waals surface area contributed by atoms with E-state index in [1.165, 1.54) is 24.1 Å². The van der Waals surface area contributed by atoms with E-state index < -0.39 is 28.5 Å². The molecule has 38 heavy (non-hydrogen) atoms. The number of carbonyl (C=O) groups excluding carboxylic acids is 2. The molecule has 0 aliphatic carbocycles. The Morgan fingerprint density at radius 2 is 1.63 bits per heavy atom. The zero-order valence-electron chi connectivity index (χ0n) is 21.7. The molecule has 3 aromatic carbocycles. The van der Waals surface area contributed by atoms with Gasteiger partial charge in [0.15, 0.2) is 0 Å². The number of hydrogen-bond donors (Lipinski definition) is 1. The second-order valence-corrected chi connectivity index (χ2v) is 11.7. The van der Waals surface area contributed by atoms with Crippen molar-refractivity contribution in [3.63, 3.8) is 0 Å². The smallest absolute Gasteiger partial charge is 0.264 e. The number of nitrogens with one attached hydrogen (secondary N) is 1. The molecule has 1 atom stereocenters. The predicted molar refractivity (Wildman–Crippen MR) is 152 cm³/mol. The Kier molecular flexibility index (Phi) is 9.82. The normalized spacial score (nSPS) is 12.1. The second kappa shape index (κ2) is 12.7. The van der Waals surface area contributed by atoms with Gasteiger partial charge in [0.25, 0.3) is 10.0 Å². The lowest BCUT2D eigenvalue weighted by Crippen LogP contribution is -2.51. The Hall–Kier alpha value is -3.07. The van der Waals surface area contributed by atoms with Crippen LogP contribution < -0.4 is 9.62 Å². The third-order valence-electron chi connectivity index (χ3n) is 6.17. The first-order valence-corrected chi connectivity index (χ1v) is 14.3. The van der Waals surface area contributed by atoms with Crippen molar-refractivity contribution in [1.29, 1.82) is 0 Å². The minimum absolute atomic E-state index is 0.00695. The molecule has 0 bridgehead atoms. The maximum Gasteiger partial charge on any atom is 0.264 e. The van der Waals surface area contributed by atoms with Crippen molar-refractivity contribution >= 4 is 50.7 Å². The van der Waals surface area contributed by atoms with Crippen LogP contribution in [0.25, 0.3) is 0 Å². The number of benzene rings is 3. The molecule has 0 heterocycles.